The largest absolute Gasteiger partial charge is 0.467 e. The van der Waals surface area contributed by atoms with Gasteiger partial charge in [-0.2, -0.15) is 0 Å². The predicted molar refractivity (Wildman–Crippen MR) is 82.4 cm³/mol. The van der Waals surface area contributed by atoms with E-state index < -0.39 is 0 Å². The zero-order valence-corrected chi connectivity index (χ0v) is 12.9. The van der Waals surface area contributed by atoms with Crippen LogP contribution in [0.5, 0.6) is 0 Å². The first kappa shape index (κ1) is 14.5. The van der Waals surface area contributed by atoms with Gasteiger partial charge < -0.3 is 14.1 Å². The van der Waals surface area contributed by atoms with Crippen molar-refractivity contribution in [2.75, 3.05) is 11.5 Å². The van der Waals surface area contributed by atoms with Crippen LogP contribution in [0.15, 0.2) is 41.0 Å². The molecule has 1 amide bonds. The molecule has 1 aromatic heterocycles. The number of furan rings is 1. The van der Waals surface area contributed by atoms with Crippen LogP contribution in [0.3, 0.4) is 0 Å². The molecule has 4 rings (SSSR count). The monoisotopic (exact) mass is 315 g/mol. The third-order valence-electron chi connectivity index (χ3n) is 4.78. The van der Waals surface area contributed by atoms with Gasteiger partial charge >= 0.3 is 0 Å². The molecule has 4 nitrogen and oxygen atoms in total. The molecule has 3 atom stereocenters. The molecule has 0 spiro atoms. The van der Waals surface area contributed by atoms with Gasteiger partial charge in [-0.05, 0) is 36.8 Å². The lowest BCUT2D eigenvalue weighted by Gasteiger charge is -2.42. The van der Waals surface area contributed by atoms with Crippen LogP contribution in [-0.4, -0.2) is 12.5 Å². The maximum Gasteiger partial charge on any atom is 0.227 e. The molecular formula is C18H18FNO3. The molecule has 0 saturated carbocycles. The van der Waals surface area contributed by atoms with Crippen molar-refractivity contribution in [3.63, 3.8) is 0 Å². The molecule has 1 fully saturated rings. The third-order valence-corrected chi connectivity index (χ3v) is 4.78. The summed E-state index contributed by atoms with van der Waals surface area (Å²) in [6.45, 7) is 2.44. The SMILES string of the molecule is CCC(=O)N1c2ccc(F)cc2[C@@H]2OCC[C@H]2[C@@H]1c1ccco1. The van der Waals surface area contributed by atoms with Crippen LogP contribution < -0.4 is 4.90 Å². The highest BCUT2D eigenvalue weighted by Crippen LogP contribution is 2.53. The van der Waals surface area contributed by atoms with Gasteiger partial charge in [0.2, 0.25) is 5.91 Å². The van der Waals surface area contributed by atoms with E-state index in [1.807, 2.05) is 19.1 Å². The standard InChI is InChI=1S/C18H18FNO3/c1-2-16(21)20-14-6-5-11(19)10-13(14)18-12(7-9-23-18)17(20)15-4-3-8-22-15/h3-6,8,10,12,17-18H,2,7,9H2,1H3/t12-,17+,18+/m0/s1. The summed E-state index contributed by atoms with van der Waals surface area (Å²) >= 11 is 0. The van der Waals surface area contributed by atoms with E-state index in [2.05, 4.69) is 0 Å². The van der Waals surface area contributed by atoms with Crippen molar-refractivity contribution < 1.29 is 18.3 Å². The molecule has 3 heterocycles. The van der Waals surface area contributed by atoms with Crippen molar-refractivity contribution in [1.82, 2.24) is 0 Å². The molecule has 1 saturated heterocycles. The molecular weight excluding hydrogens is 297 g/mol. The smallest absolute Gasteiger partial charge is 0.227 e. The second-order valence-corrected chi connectivity index (χ2v) is 6.02. The fourth-order valence-electron chi connectivity index (χ4n) is 3.82. The Kier molecular flexibility index (Phi) is 3.45. The number of carbonyl (C=O) groups is 1. The molecule has 5 heteroatoms. The van der Waals surface area contributed by atoms with E-state index >= 15 is 0 Å². The van der Waals surface area contributed by atoms with Gasteiger partial charge in [0.1, 0.15) is 17.6 Å². The first-order valence-electron chi connectivity index (χ1n) is 7.97. The van der Waals surface area contributed by atoms with Crippen LogP contribution in [0, 0.1) is 11.7 Å². The molecule has 0 bridgehead atoms. The fraction of sp³-hybridized carbons (Fsp3) is 0.389. The summed E-state index contributed by atoms with van der Waals surface area (Å²) in [6.07, 6.45) is 2.62. The number of anilines is 1. The number of carbonyl (C=O) groups excluding carboxylic acids is 1. The predicted octanol–water partition coefficient (Wildman–Crippen LogP) is 3.99. The highest BCUT2D eigenvalue weighted by molar-refractivity contribution is 5.95. The van der Waals surface area contributed by atoms with Gasteiger partial charge in [0, 0.05) is 24.5 Å². The average Bonchev–Trinajstić information content (AvgIpc) is 3.24. The molecule has 1 aromatic carbocycles. The number of ether oxygens (including phenoxy) is 1. The number of hydrogen-bond donors (Lipinski definition) is 0. The summed E-state index contributed by atoms with van der Waals surface area (Å²) in [7, 11) is 0. The van der Waals surface area contributed by atoms with Gasteiger partial charge in [-0.25, -0.2) is 4.39 Å². The van der Waals surface area contributed by atoms with Crippen LogP contribution in [0.2, 0.25) is 0 Å². The van der Waals surface area contributed by atoms with E-state index in [1.165, 1.54) is 12.1 Å². The Hall–Kier alpha value is -2.14. The molecule has 2 aromatic rings. The second kappa shape index (κ2) is 5.49. The first-order valence-corrected chi connectivity index (χ1v) is 7.97. The number of hydrogen-bond acceptors (Lipinski definition) is 3. The maximum absolute atomic E-state index is 13.8. The van der Waals surface area contributed by atoms with Gasteiger partial charge in [0.15, 0.2) is 0 Å². The van der Waals surface area contributed by atoms with Crippen molar-refractivity contribution in [3.8, 4) is 0 Å². The van der Waals surface area contributed by atoms with E-state index in [0.29, 0.717) is 13.0 Å². The topological polar surface area (TPSA) is 42.7 Å². The highest BCUT2D eigenvalue weighted by atomic mass is 19.1. The molecule has 2 aliphatic heterocycles. The summed E-state index contributed by atoms with van der Waals surface area (Å²) in [6, 6.07) is 8.07. The zero-order chi connectivity index (χ0) is 16.0. The van der Waals surface area contributed by atoms with Crippen LogP contribution in [0.25, 0.3) is 0 Å². The lowest BCUT2D eigenvalue weighted by atomic mass is 9.81. The van der Waals surface area contributed by atoms with Crippen LogP contribution in [-0.2, 0) is 9.53 Å². The van der Waals surface area contributed by atoms with Crippen LogP contribution >= 0.6 is 0 Å². The number of rotatable bonds is 2. The second-order valence-electron chi connectivity index (χ2n) is 6.02. The van der Waals surface area contributed by atoms with Crippen molar-refractivity contribution >= 4 is 11.6 Å². The molecule has 0 N–H and O–H groups in total. The Morgan fingerprint density at radius 3 is 3.00 bits per heavy atom. The highest BCUT2D eigenvalue weighted by Gasteiger charge is 2.48. The number of amides is 1. The van der Waals surface area contributed by atoms with Crippen LogP contribution in [0.1, 0.15) is 43.2 Å². The Balaban J connectivity index is 1.91. The Bertz CT molecular complexity index is 728. The quantitative estimate of drug-likeness (QED) is 0.841. The Labute approximate surface area is 133 Å². The van der Waals surface area contributed by atoms with Crippen LogP contribution in [0.4, 0.5) is 10.1 Å². The number of fused-ring (bicyclic) bond motifs is 3. The van der Waals surface area contributed by atoms with Gasteiger partial charge in [-0.1, -0.05) is 6.92 Å². The van der Waals surface area contributed by atoms with Crippen molar-refractivity contribution in [1.29, 1.82) is 0 Å². The van der Waals surface area contributed by atoms with Gasteiger partial charge in [0.25, 0.3) is 0 Å². The maximum atomic E-state index is 13.8. The van der Waals surface area contributed by atoms with Crippen molar-refractivity contribution in [3.05, 3.63) is 53.7 Å². The number of benzene rings is 1. The molecule has 120 valence electrons. The summed E-state index contributed by atoms with van der Waals surface area (Å²) in [5.74, 6) is 0.524. The minimum absolute atomic E-state index is 0.00427. The summed E-state index contributed by atoms with van der Waals surface area (Å²) in [5.41, 5.74) is 1.49. The van der Waals surface area contributed by atoms with Crippen molar-refractivity contribution in [2.24, 2.45) is 5.92 Å². The minimum Gasteiger partial charge on any atom is -0.467 e. The average molecular weight is 315 g/mol. The van der Waals surface area contributed by atoms with Gasteiger partial charge in [-0.3, -0.25) is 4.79 Å². The van der Waals surface area contributed by atoms with E-state index in [9.17, 15) is 9.18 Å². The number of halogens is 1. The minimum atomic E-state index is -0.307. The van der Waals surface area contributed by atoms with Crippen molar-refractivity contribution in [2.45, 2.75) is 31.9 Å². The Morgan fingerprint density at radius 1 is 1.39 bits per heavy atom. The summed E-state index contributed by atoms with van der Waals surface area (Å²) in [4.78, 5) is 14.4. The van der Waals surface area contributed by atoms with Gasteiger partial charge in [-0.15, -0.1) is 0 Å². The van der Waals surface area contributed by atoms with Gasteiger partial charge in [0.05, 0.1) is 18.1 Å². The lowest BCUT2D eigenvalue weighted by molar-refractivity contribution is -0.119. The zero-order valence-electron chi connectivity index (χ0n) is 12.9. The fourth-order valence-corrected chi connectivity index (χ4v) is 3.82. The third kappa shape index (κ3) is 2.18. The van der Waals surface area contributed by atoms with E-state index in [4.69, 9.17) is 9.15 Å². The molecule has 2 aliphatic rings. The molecule has 0 aliphatic carbocycles. The summed E-state index contributed by atoms with van der Waals surface area (Å²) in [5, 5.41) is 0. The van der Waals surface area contributed by atoms with E-state index in [-0.39, 0.29) is 29.8 Å². The Morgan fingerprint density at radius 2 is 2.26 bits per heavy atom. The molecule has 0 unspecified atom stereocenters. The molecule has 0 radical (unpaired) electrons. The summed E-state index contributed by atoms with van der Waals surface area (Å²) < 4.78 is 25.3. The first-order chi connectivity index (χ1) is 11.2. The van der Waals surface area contributed by atoms with E-state index in [0.717, 1.165) is 23.4 Å². The number of nitrogens with zero attached hydrogens (tertiary/aromatic N) is 1. The normalized spacial score (nSPS) is 26.0. The molecule has 23 heavy (non-hydrogen) atoms. The van der Waals surface area contributed by atoms with E-state index in [1.54, 1.807) is 17.2 Å². The lowest BCUT2D eigenvalue weighted by Crippen LogP contribution is -2.43.